The fraction of sp³-hybridized carbons (Fsp3) is 0.0278. The second-order valence-electron chi connectivity index (χ2n) is 10.9. The summed E-state index contributed by atoms with van der Waals surface area (Å²) in [4.78, 5) is 14.3. The molecule has 0 N–H and O–H groups in total. The van der Waals surface area contributed by atoms with E-state index >= 15 is 0 Å². The molecule has 5 heteroatoms. The van der Waals surface area contributed by atoms with Gasteiger partial charge in [0, 0.05) is 39.6 Å². The smallest absolute Gasteiger partial charge is 0.146 e. The summed E-state index contributed by atoms with van der Waals surface area (Å²) >= 11 is 0. The normalized spacial score (nSPS) is 12.8. The van der Waals surface area contributed by atoms with Gasteiger partial charge in [-0.2, -0.15) is 0 Å². The van der Waals surface area contributed by atoms with E-state index in [-0.39, 0.29) is 0 Å². The van der Waals surface area contributed by atoms with Gasteiger partial charge in [0.25, 0.3) is 0 Å². The van der Waals surface area contributed by atoms with Crippen LogP contribution in [0.2, 0.25) is 0 Å². The van der Waals surface area contributed by atoms with Crippen LogP contribution >= 0.6 is 0 Å². The largest absolute Gasteiger partial charge is 0.309 e. The van der Waals surface area contributed by atoms with Crippen molar-refractivity contribution < 1.29 is 0 Å². The number of hydrogen-bond acceptors (Lipinski definition) is 3. The van der Waals surface area contributed by atoms with E-state index in [2.05, 4.69) is 98.9 Å². The monoisotopic (exact) mass is 523 g/mol. The van der Waals surface area contributed by atoms with Gasteiger partial charge in [-0.25, -0.2) is 4.98 Å². The zero-order valence-electron chi connectivity index (χ0n) is 21.9. The van der Waals surface area contributed by atoms with Gasteiger partial charge in [0.05, 0.1) is 33.8 Å². The Bertz CT molecular complexity index is 2550. The average Bonchev–Trinajstić information content (AvgIpc) is 3.70. The van der Waals surface area contributed by atoms with E-state index in [9.17, 15) is 0 Å². The molecule has 4 aromatic carbocycles. The van der Waals surface area contributed by atoms with Crippen molar-refractivity contribution in [3.8, 4) is 16.8 Å². The van der Waals surface area contributed by atoms with Gasteiger partial charge < -0.3 is 4.57 Å². The SMILES string of the molecule is c1ccc(-n2c3ccccc3c3c4c(ccc32)-c2cc3c(cc2C4)c2nc4cnccc4n2c2cccnc32)cc1. The Morgan fingerprint density at radius 2 is 1.51 bits per heavy atom. The minimum absolute atomic E-state index is 0.884. The number of pyridine rings is 3. The fourth-order valence-corrected chi connectivity index (χ4v) is 7.18. The lowest BCUT2D eigenvalue weighted by atomic mass is 9.99. The van der Waals surface area contributed by atoms with Crippen LogP contribution in [0.3, 0.4) is 0 Å². The van der Waals surface area contributed by atoms with Gasteiger partial charge in [0.15, 0.2) is 0 Å². The third-order valence-electron chi connectivity index (χ3n) is 8.84. The van der Waals surface area contributed by atoms with Gasteiger partial charge in [-0.1, -0.05) is 42.5 Å². The number of imidazole rings is 1. The van der Waals surface area contributed by atoms with E-state index in [0.717, 1.165) is 44.9 Å². The van der Waals surface area contributed by atoms with E-state index in [0.29, 0.717) is 0 Å². The molecular formula is C36H21N5. The highest BCUT2D eigenvalue weighted by atomic mass is 15.0. The summed E-state index contributed by atoms with van der Waals surface area (Å²) in [5.74, 6) is 0. The number of fused-ring (bicyclic) bond motifs is 15. The molecule has 1 aliphatic carbocycles. The van der Waals surface area contributed by atoms with Crippen molar-refractivity contribution in [2.24, 2.45) is 0 Å². The molecule has 0 radical (unpaired) electrons. The molecule has 5 nitrogen and oxygen atoms in total. The predicted octanol–water partition coefficient (Wildman–Crippen LogP) is 8.25. The molecule has 0 atom stereocenters. The maximum atomic E-state index is 5.07. The lowest BCUT2D eigenvalue weighted by molar-refractivity contribution is 1.18. The summed E-state index contributed by atoms with van der Waals surface area (Å²) in [6.07, 6.45) is 6.45. The Labute approximate surface area is 234 Å². The van der Waals surface area contributed by atoms with Crippen LogP contribution in [0, 0.1) is 0 Å². The van der Waals surface area contributed by atoms with Crippen LogP contribution in [0.4, 0.5) is 0 Å². The number of nitrogens with zero attached hydrogens (tertiary/aromatic N) is 5. The molecule has 1 aliphatic rings. The molecule has 0 fully saturated rings. The molecule has 0 saturated heterocycles. The van der Waals surface area contributed by atoms with Crippen LogP contribution in [-0.4, -0.2) is 23.9 Å². The highest BCUT2D eigenvalue weighted by molar-refractivity contribution is 6.16. The maximum absolute atomic E-state index is 5.07. The molecule has 5 aromatic heterocycles. The summed E-state index contributed by atoms with van der Waals surface area (Å²) in [6, 6.07) is 35.0. The Morgan fingerprint density at radius 1 is 0.634 bits per heavy atom. The van der Waals surface area contributed by atoms with E-state index in [1.807, 2.05) is 30.7 Å². The lowest BCUT2D eigenvalue weighted by Crippen LogP contribution is -1.94. The van der Waals surface area contributed by atoms with Crippen molar-refractivity contribution in [2.45, 2.75) is 6.42 Å². The van der Waals surface area contributed by atoms with Crippen LogP contribution < -0.4 is 0 Å². The Kier molecular flexibility index (Phi) is 3.92. The number of rotatable bonds is 1. The molecule has 9 aromatic rings. The minimum atomic E-state index is 0.884. The molecular weight excluding hydrogens is 502 g/mol. The van der Waals surface area contributed by atoms with E-state index < -0.39 is 0 Å². The molecule has 0 spiro atoms. The third-order valence-corrected chi connectivity index (χ3v) is 8.84. The van der Waals surface area contributed by atoms with E-state index in [4.69, 9.17) is 9.97 Å². The first-order valence-electron chi connectivity index (χ1n) is 13.9. The summed E-state index contributed by atoms with van der Waals surface area (Å²) in [5, 5.41) is 4.90. The third kappa shape index (κ3) is 2.68. The highest BCUT2D eigenvalue weighted by Crippen LogP contribution is 2.46. The number of hydrogen-bond donors (Lipinski definition) is 0. The lowest BCUT2D eigenvalue weighted by Gasteiger charge is -2.11. The van der Waals surface area contributed by atoms with Crippen molar-refractivity contribution in [1.29, 1.82) is 0 Å². The molecule has 41 heavy (non-hydrogen) atoms. The minimum Gasteiger partial charge on any atom is -0.309 e. The first kappa shape index (κ1) is 21.3. The van der Waals surface area contributed by atoms with Crippen LogP contribution in [-0.2, 0) is 6.42 Å². The number of para-hydroxylation sites is 2. The van der Waals surface area contributed by atoms with Gasteiger partial charge in [-0.05, 0) is 83.3 Å². The van der Waals surface area contributed by atoms with Crippen LogP contribution in [0.1, 0.15) is 11.1 Å². The molecule has 0 saturated carbocycles. The molecule has 0 bridgehead atoms. The van der Waals surface area contributed by atoms with Crippen molar-refractivity contribution in [3.63, 3.8) is 0 Å². The number of benzene rings is 4. The van der Waals surface area contributed by atoms with Crippen molar-refractivity contribution >= 4 is 60.3 Å². The fourth-order valence-electron chi connectivity index (χ4n) is 7.18. The Morgan fingerprint density at radius 3 is 2.46 bits per heavy atom. The summed E-state index contributed by atoms with van der Waals surface area (Å²) < 4.78 is 4.64. The van der Waals surface area contributed by atoms with Gasteiger partial charge in [0.1, 0.15) is 11.2 Å². The summed E-state index contributed by atoms with van der Waals surface area (Å²) in [7, 11) is 0. The summed E-state index contributed by atoms with van der Waals surface area (Å²) in [5.41, 5.74) is 13.9. The van der Waals surface area contributed by atoms with E-state index in [1.165, 1.54) is 49.7 Å². The van der Waals surface area contributed by atoms with Crippen LogP contribution in [0.5, 0.6) is 0 Å². The second kappa shape index (κ2) is 7.55. The standard InChI is InChI=1S/C36H21N5/c1-2-7-22(8-3-1)40-30-10-5-4-9-24(30)34-26-17-21-18-28-27(19-25(21)23(26)12-13-32(34)40)35-33(11-6-15-38-35)41-31-14-16-37-20-29(31)39-36(28)41/h1-16,18-20H,17H2. The first-order chi connectivity index (χ1) is 20.3. The maximum Gasteiger partial charge on any atom is 0.146 e. The topological polar surface area (TPSA) is 48.0 Å². The summed E-state index contributed by atoms with van der Waals surface area (Å²) in [6.45, 7) is 0. The quantitative estimate of drug-likeness (QED) is 0.204. The highest BCUT2D eigenvalue weighted by Gasteiger charge is 2.26. The second-order valence-corrected chi connectivity index (χ2v) is 10.9. The Hall–Kier alpha value is -5.55. The zero-order chi connectivity index (χ0) is 26.7. The van der Waals surface area contributed by atoms with Gasteiger partial charge >= 0.3 is 0 Å². The molecule has 190 valence electrons. The van der Waals surface area contributed by atoms with Gasteiger partial charge in [-0.15, -0.1) is 0 Å². The first-order valence-corrected chi connectivity index (χ1v) is 13.9. The van der Waals surface area contributed by atoms with Gasteiger partial charge in [-0.3, -0.25) is 14.4 Å². The van der Waals surface area contributed by atoms with Crippen LogP contribution in [0.15, 0.2) is 116 Å². The van der Waals surface area contributed by atoms with Crippen molar-refractivity contribution in [1.82, 2.24) is 23.9 Å². The molecule has 5 heterocycles. The van der Waals surface area contributed by atoms with E-state index in [1.54, 1.807) is 0 Å². The van der Waals surface area contributed by atoms with Crippen molar-refractivity contribution in [2.75, 3.05) is 0 Å². The number of aromatic nitrogens is 5. The molecule has 0 unspecified atom stereocenters. The average molecular weight is 524 g/mol. The molecule has 10 rings (SSSR count). The van der Waals surface area contributed by atoms with Gasteiger partial charge in [0.2, 0.25) is 0 Å². The van der Waals surface area contributed by atoms with Crippen molar-refractivity contribution in [3.05, 3.63) is 127 Å². The predicted molar refractivity (Wildman–Crippen MR) is 166 cm³/mol. The molecule has 0 aliphatic heterocycles. The Balaban J connectivity index is 1.31. The van der Waals surface area contributed by atoms with Crippen LogP contribution in [0.25, 0.3) is 77.1 Å². The molecule has 0 amide bonds. The zero-order valence-corrected chi connectivity index (χ0v) is 21.9.